The van der Waals surface area contributed by atoms with Crippen molar-refractivity contribution in [3.63, 3.8) is 0 Å². The molecule has 108 valence electrons. The summed E-state index contributed by atoms with van der Waals surface area (Å²) >= 11 is 0. The Bertz CT molecular complexity index is 505. The van der Waals surface area contributed by atoms with E-state index in [4.69, 9.17) is 4.74 Å². The highest BCUT2D eigenvalue weighted by Gasteiger charge is 2.43. The first kappa shape index (κ1) is 13.4. The first-order valence-electron chi connectivity index (χ1n) is 7.30. The van der Waals surface area contributed by atoms with Crippen molar-refractivity contribution >= 4 is 11.6 Å². The minimum absolute atomic E-state index is 0.0658. The molecule has 1 aromatic carbocycles. The lowest BCUT2D eigenvalue weighted by atomic mass is 9.79. The van der Waals surface area contributed by atoms with Crippen LogP contribution in [0.3, 0.4) is 0 Å². The van der Waals surface area contributed by atoms with E-state index in [9.17, 15) is 4.79 Å². The van der Waals surface area contributed by atoms with Crippen LogP contribution in [0, 0.1) is 0 Å². The van der Waals surface area contributed by atoms with Gasteiger partial charge >= 0.3 is 0 Å². The van der Waals surface area contributed by atoms with Gasteiger partial charge in [0.05, 0.1) is 5.60 Å². The largest absolute Gasteiger partial charge is 0.376 e. The normalized spacial score (nSPS) is 23.1. The van der Waals surface area contributed by atoms with Crippen LogP contribution in [0.15, 0.2) is 24.3 Å². The number of likely N-dealkylation sites (N-methyl/N-ethyl adjacent to an activating group) is 1. The smallest absolute Gasteiger partial charge is 0.242 e. The summed E-state index contributed by atoms with van der Waals surface area (Å²) in [4.78, 5) is 14.4. The van der Waals surface area contributed by atoms with Crippen LogP contribution in [-0.4, -0.2) is 38.3 Å². The molecule has 20 heavy (non-hydrogen) atoms. The maximum Gasteiger partial charge on any atom is 0.242 e. The van der Waals surface area contributed by atoms with Crippen molar-refractivity contribution in [1.82, 2.24) is 5.32 Å². The van der Waals surface area contributed by atoms with Crippen LogP contribution < -0.4 is 10.2 Å². The fraction of sp³-hybridized carbons (Fsp3) is 0.562. The standard InChI is InChI=1S/C16H22N2O2/c1-17-15(19)14-10-12-6-3-4-7-13(12)18(14)11-16(20-2)8-5-9-16/h3-4,6-7,14H,5,8-11H2,1-2H3,(H,17,19). The van der Waals surface area contributed by atoms with Gasteiger partial charge in [-0.25, -0.2) is 0 Å². The van der Waals surface area contributed by atoms with Crippen LogP contribution in [0.1, 0.15) is 24.8 Å². The van der Waals surface area contributed by atoms with Gasteiger partial charge in [0.15, 0.2) is 0 Å². The molecule has 1 unspecified atom stereocenters. The van der Waals surface area contributed by atoms with E-state index in [-0.39, 0.29) is 17.6 Å². The number of ether oxygens (including phenoxy) is 1. The van der Waals surface area contributed by atoms with Gasteiger partial charge in [-0.3, -0.25) is 4.79 Å². The molecule has 2 aliphatic rings. The fourth-order valence-electron chi connectivity index (χ4n) is 3.35. The molecular formula is C16H22N2O2. The lowest BCUT2D eigenvalue weighted by Crippen LogP contribution is -2.54. The van der Waals surface area contributed by atoms with Gasteiger partial charge in [-0.05, 0) is 30.9 Å². The third kappa shape index (κ3) is 2.08. The maximum absolute atomic E-state index is 12.2. The van der Waals surface area contributed by atoms with Crippen LogP contribution in [0.4, 0.5) is 5.69 Å². The summed E-state index contributed by atoms with van der Waals surface area (Å²) in [6.45, 7) is 0.804. The molecule has 1 aromatic rings. The van der Waals surface area contributed by atoms with Gasteiger partial charge in [-0.15, -0.1) is 0 Å². The second-order valence-electron chi connectivity index (χ2n) is 5.83. The molecule has 3 rings (SSSR count). The summed E-state index contributed by atoms with van der Waals surface area (Å²) in [5, 5.41) is 2.79. The number of carbonyl (C=O) groups is 1. The average molecular weight is 274 g/mol. The number of amides is 1. The first-order valence-corrected chi connectivity index (χ1v) is 7.30. The highest BCUT2D eigenvalue weighted by molar-refractivity contribution is 5.88. The van der Waals surface area contributed by atoms with Crippen LogP contribution >= 0.6 is 0 Å². The molecule has 4 nitrogen and oxygen atoms in total. The molecule has 1 N–H and O–H groups in total. The average Bonchev–Trinajstić information content (AvgIpc) is 2.80. The second kappa shape index (κ2) is 5.09. The van der Waals surface area contributed by atoms with Crippen molar-refractivity contribution in [3.8, 4) is 0 Å². The molecule has 1 atom stereocenters. The summed E-state index contributed by atoms with van der Waals surface area (Å²) in [6.07, 6.45) is 4.18. The topological polar surface area (TPSA) is 41.6 Å². The minimum atomic E-state index is -0.106. The fourth-order valence-corrected chi connectivity index (χ4v) is 3.35. The van der Waals surface area contributed by atoms with E-state index < -0.39 is 0 Å². The predicted octanol–water partition coefficient (Wildman–Crippen LogP) is 1.73. The molecule has 1 aliphatic heterocycles. The molecule has 1 amide bonds. The molecule has 0 spiro atoms. The van der Waals surface area contributed by atoms with Crippen molar-refractivity contribution in [3.05, 3.63) is 29.8 Å². The van der Waals surface area contributed by atoms with Crippen molar-refractivity contribution in [2.45, 2.75) is 37.3 Å². The van der Waals surface area contributed by atoms with E-state index in [1.54, 1.807) is 14.2 Å². The summed E-state index contributed by atoms with van der Waals surface area (Å²) in [7, 11) is 3.50. The van der Waals surface area contributed by atoms with Gasteiger partial charge in [-0.2, -0.15) is 0 Å². The third-order valence-electron chi connectivity index (χ3n) is 4.80. The Morgan fingerprint density at radius 2 is 2.20 bits per heavy atom. The number of benzene rings is 1. The highest BCUT2D eigenvalue weighted by atomic mass is 16.5. The number of hydrogen-bond acceptors (Lipinski definition) is 3. The molecule has 1 heterocycles. The lowest BCUT2D eigenvalue weighted by molar-refractivity contribution is -0.122. The van der Waals surface area contributed by atoms with Crippen LogP contribution in [0.2, 0.25) is 0 Å². The summed E-state index contributed by atoms with van der Waals surface area (Å²) < 4.78 is 5.74. The van der Waals surface area contributed by atoms with Crippen LogP contribution in [0.25, 0.3) is 0 Å². The Kier molecular flexibility index (Phi) is 3.42. The minimum Gasteiger partial charge on any atom is -0.376 e. The molecule has 4 heteroatoms. The number of methoxy groups -OCH3 is 1. The summed E-state index contributed by atoms with van der Waals surface area (Å²) in [6, 6.07) is 8.20. The van der Waals surface area contributed by atoms with Crippen LogP contribution in [0.5, 0.6) is 0 Å². The van der Waals surface area contributed by atoms with Gasteiger partial charge in [0, 0.05) is 32.8 Å². The van der Waals surface area contributed by atoms with Crippen molar-refractivity contribution in [2.75, 3.05) is 25.6 Å². The number of carbonyl (C=O) groups excluding carboxylic acids is 1. The lowest BCUT2D eigenvalue weighted by Gasteiger charge is -2.44. The van der Waals surface area contributed by atoms with Gasteiger partial charge in [0.1, 0.15) is 6.04 Å². The van der Waals surface area contributed by atoms with Crippen molar-refractivity contribution < 1.29 is 9.53 Å². The van der Waals surface area contributed by atoms with Gasteiger partial charge in [-0.1, -0.05) is 18.2 Å². The summed E-state index contributed by atoms with van der Waals surface area (Å²) in [5.74, 6) is 0.0896. The number of fused-ring (bicyclic) bond motifs is 1. The zero-order valence-corrected chi connectivity index (χ0v) is 12.2. The number of nitrogens with one attached hydrogen (secondary N) is 1. The predicted molar refractivity (Wildman–Crippen MR) is 78.9 cm³/mol. The Morgan fingerprint density at radius 1 is 1.45 bits per heavy atom. The number of hydrogen-bond donors (Lipinski definition) is 1. The molecule has 0 aromatic heterocycles. The second-order valence-corrected chi connectivity index (χ2v) is 5.83. The zero-order chi connectivity index (χ0) is 14.2. The number of rotatable bonds is 4. The molecule has 0 bridgehead atoms. The van der Waals surface area contributed by atoms with E-state index in [2.05, 4.69) is 22.3 Å². The SMILES string of the molecule is CNC(=O)C1Cc2ccccc2N1CC1(OC)CCC1. The van der Waals surface area contributed by atoms with Gasteiger partial charge in [0.2, 0.25) is 5.91 Å². The molecule has 1 saturated carbocycles. The van der Waals surface area contributed by atoms with Gasteiger partial charge in [0.25, 0.3) is 0 Å². The van der Waals surface area contributed by atoms with Crippen LogP contribution in [-0.2, 0) is 16.0 Å². The van der Waals surface area contributed by atoms with Crippen molar-refractivity contribution in [1.29, 1.82) is 0 Å². The van der Waals surface area contributed by atoms with Gasteiger partial charge < -0.3 is 15.0 Å². The molecule has 0 radical (unpaired) electrons. The Labute approximate surface area is 120 Å². The monoisotopic (exact) mass is 274 g/mol. The van der Waals surface area contributed by atoms with E-state index >= 15 is 0 Å². The Hall–Kier alpha value is -1.55. The zero-order valence-electron chi connectivity index (χ0n) is 12.2. The van der Waals surface area contributed by atoms with E-state index in [0.717, 1.165) is 25.8 Å². The summed E-state index contributed by atoms with van der Waals surface area (Å²) in [5.41, 5.74) is 2.38. The Morgan fingerprint density at radius 3 is 2.80 bits per heavy atom. The third-order valence-corrected chi connectivity index (χ3v) is 4.80. The molecular weight excluding hydrogens is 252 g/mol. The highest BCUT2D eigenvalue weighted by Crippen LogP contribution is 2.40. The first-order chi connectivity index (χ1) is 9.69. The van der Waals surface area contributed by atoms with E-state index in [1.807, 2.05) is 12.1 Å². The van der Waals surface area contributed by atoms with E-state index in [1.165, 1.54) is 17.7 Å². The number of nitrogens with zero attached hydrogens (tertiary/aromatic N) is 1. The Balaban J connectivity index is 1.89. The molecule has 0 saturated heterocycles. The quantitative estimate of drug-likeness (QED) is 0.909. The van der Waals surface area contributed by atoms with Crippen molar-refractivity contribution in [2.24, 2.45) is 0 Å². The molecule has 1 fully saturated rings. The number of anilines is 1. The molecule has 1 aliphatic carbocycles. The van der Waals surface area contributed by atoms with E-state index in [0.29, 0.717) is 0 Å². The maximum atomic E-state index is 12.2. The number of para-hydroxylation sites is 1.